The van der Waals surface area contributed by atoms with Crippen molar-refractivity contribution in [2.45, 2.75) is 12.3 Å². The van der Waals surface area contributed by atoms with E-state index in [2.05, 4.69) is 15.5 Å². The van der Waals surface area contributed by atoms with Crippen LogP contribution in [0.5, 0.6) is 0 Å². The number of rotatable bonds is 6. The molecule has 19 heavy (non-hydrogen) atoms. The predicted octanol–water partition coefficient (Wildman–Crippen LogP) is 2.61. The van der Waals surface area contributed by atoms with Gasteiger partial charge in [-0.15, -0.1) is 11.8 Å². The summed E-state index contributed by atoms with van der Waals surface area (Å²) in [4.78, 5) is 11.6. The van der Waals surface area contributed by atoms with E-state index in [9.17, 15) is 4.79 Å². The summed E-state index contributed by atoms with van der Waals surface area (Å²) in [6.07, 6.45) is 1.66. The second-order valence-electron chi connectivity index (χ2n) is 3.98. The summed E-state index contributed by atoms with van der Waals surface area (Å²) < 4.78 is 0. The van der Waals surface area contributed by atoms with Crippen LogP contribution in [0.25, 0.3) is 0 Å². The second-order valence-corrected chi connectivity index (χ2v) is 5.40. The van der Waals surface area contributed by atoms with E-state index < -0.39 is 0 Å². The monoisotopic (exact) mass is 295 g/mol. The number of nitrogens with zero attached hydrogens (tertiary/aromatic N) is 1. The maximum absolute atomic E-state index is 11.6. The molecule has 0 aliphatic rings. The fourth-order valence-corrected chi connectivity index (χ4v) is 2.41. The third-order valence-corrected chi connectivity index (χ3v) is 3.71. The number of amides is 1. The Balaban J connectivity index is 1.65. The zero-order valence-electron chi connectivity index (χ0n) is 10.2. The highest BCUT2D eigenvalue weighted by Gasteiger charge is 2.02. The lowest BCUT2D eigenvalue weighted by molar-refractivity contribution is -0.118. The number of thioether (sulfide) groups is 1. The molecule has 0 spiro atoms. The first-order valence-electron chi connectivity index (χ1n) is 5.81. The summed E-state index contributed by atoms with van der Waals surface area (Å²) >= 11 is 7.38. The molecule has 0 bridgehead atoms. The molecule has 1 heterocycles. The molecule has 0 saturated carbocycles. The summed E-state index contributed by atoms with van der Waals surface area (Å²) in [7, 11) is 0. The van der Waals surface area contributed by atoms with Crippen LogP contribution in [-0.4, -0.2) is 21.9 Å². The van der Waals surface area contributed by atoms with Gasteiger partial charge in [-0.3, -0.25) is 9.89 Å². The Labute approximate surface area is 120 Å². The van der Waals surface area contributed by atoms with Gasteiger partial charge in [0.1, 0.15) is 0 Å². The maximum Gasteiger partial charge on any atom is 0.230 e. The summed E-state index contributed by atoms with van der Waals surface area (Å²) in [5.74, 6) is 1.26. The van der Waals surface area contributed by atoms with E-state index >= 15 is 0 Å². The van der Waals surface area contributed by atoms with Gasteiger partial charge in [0.05, 0.1) is 18.0 Å². The number of hydrogen-bond donors (Lipinski definition) is 2. The molecule has 0 radical (unpaired) electrons. The predicted molar refractivity (Wildman–Crippen MR) is 78.0 cm³/mol. The maximum atomic E-state index is 11.6. The molecule has 2 aromatic rings. The van der Waals surface area contributed by atoms with Crippen molar-refractivity contribution in [3.8, 4) is 0 Å². The number of carbonyl (C=O) groups excluding carboxylic acids is 1. The number of H-pyrrole nitrogens is 1. The molecule has 0 aliphatic heterocycles. The van der Waals surface area contributed by atoms with E-state index in [1.807, 2.05) is 30.3 Å². The number of halogens is 1. The molecule has 0 atom stereocenters. The van der Waals surface area contributed by atoms with Crippen molar-refractivity contribution in [1.82, 2.24) is 15.5 Å². The van der Waals surface area contributed by atoms with Crippen molar-refractivity contribution in [2.75, 3.05) is 5.75 Å². The Morgan fingerprint density at radius 3 is 2.79 bits per heavy atom. The molecule has 1 aromatic heterocycles. The van der Waals surface area contributed by atoms with Crippen molar-refractivity contribution >= 4 is 29.3 Å². The smallest absolute Gasteiger partial charge is 0.230 e. The molecule has 0 aliphatic carbocycles. The normalized spacial score (nSPS) is 10.4. The van der Waals surface area contributed by atoms with Crippen molar-refractivity contribution in [1.29, 1.82) is 0 Å². The quantitative estimate of drug-likeness (QED) is 0.861. The SMILES string of the molecule is O=C(CSCc1ccc(Cl)cc1)NCc1ccn[nH]1. The largest absolute Gasteiger partial charge is 0.350 e. The lowest BCUT2D eigenvalue weighted by atomic mass is 10.2. The van der Waals surface area contributed by atoms with Gasteiger partial charge in [0.25, 0.3) is 0 Å². The van der Waals surface area contributed by atoms with Crippen LogP contribution in [0.3, 0.4) is 0 Å². The molecule has 0 fully saturated rings. The molecule has 4 nitrogen and oxygen atoms in total. The highest BCUT2D eigenvalue weighted by Crippen LogP contribution is 2.15. The first kappa shape index (κ1) is 14.0. The Morgan fingerprint density at radius 1 is 1.32 bits per heavy atom. The van der Waals surface area contributed by atoms with E-state index in [4.69, 9.17) is 11.6 Å². The number of benzene rings is 1. The number of hydrogen-bond acceptors (Lipinski definition) is 3. The minimum absolute atomic E-state index is 0.0218. The molecular formula is C13H14ClN3OS. The third-order valence-electron chi connectivity index (χ3n) is 2.45. The first-order valence-corrected chi connectivity index (χ1v) is 7.34. The first-order chi connectivity index (χ1) is 9.24. The van der Waals surface area contributed by atoms with E-state index in [1.165, 1.54) is 0 Å². The summed E-state index contributed by atoms with van der Waals surface area (Å²) in [5, 5.41) is 10.2. The number of nitrogens with one attached hydrogen (secondary N) is 2. The van der Waals surface area contributed by atoms with Crippen LogP contribution in [0.4, 0.5) is 0 Å². The van der Waals surface area contributed by atoms with E-state index in [0.29, 0.717) is 12.3 Å². The zero-order chi connectivity index (χ0) is 13.5. The van der Waals surface area contributed by atoms with Gasteiger partial charge >= 0.3 is 0 Å². The standard InChI is InChI=1S/C13H14ClN3OS/c14-11-3-1-10(2-4-11)8-19-9-13(18)15-7-12-5-6-16-17-12/h1-6H,7-9H2,(H,15,18)(H,16,17). The number of carbonyl (C=O) groups is 1. The number of aromatic nitrogens is 2. The van der Waals surface area contributed by atoms with Crippen molar-refractivity contribution in [3.63, 3.8) is 0 Å². The molecule has 2 N–H and O–H groups in total. The van der Waals surface area contributed by atoms with Crippen molar-refractivity contribution in [3.05, 3.63) is 52.8 Å². The summed E-state index contributed by atoms with van der Waals surface area (Å²) in [5.41, 5.74) is 2.06. The number of aromatic amines is 1. The molecule has 0 saturated heterocycles. The molecule has 100 valence electrons. The Hall–Kier alpha value is -1.46. The van der Waals surface area contributed by atoms with Crippen LogP contribution >= 0.6 is 23.4 Å². The van der Waals surface area contributed by atoms with Crippen LogP contribution in [0.2, 0.25) is 5.02 Å². The van der Waals surface area contributed by atoms with Crippen LogP contribution in [-0.2, 0) is 17.1 Å². The lowest BCUT2D eigenvalue weighted by Crippen LogP contribution is -2.24. The highest BCUT2D eigenvalue weighted by atomic mass is 35.5. The second kappa shape index (κ2) is 7.21. The Bertz CT molecular complexity index is 513. The molecule has 6 heteroatoms. The van der Waals surface area contributed by atoms with Gasteiger partial charge in [0.15, 0.2) is 0 Å². The third kappa shape index (κ3) is 4.96. The topological polar surface area (TPSA) is 57.8 Å². The van der Waals surface area contributed by atoms with Gasteiger partial charge in [0.2, 0.25) is 5.91 Å². The van der Waals surface area contributed by atoms with Crippen LogP contribution in [0.15, 0.2) is 36.5 Å². The van der Waals surface area contributed by atoms with Crippen LogP contribution < -0.4 is 5.32 Å². The Morgan fingerprint density at radius 2 is 2.11 bits per heavy atom. The minimum atomic E-state index is 0.0218. The average molecular weight is 296 g/mol. The van der Waals surface area contributed by atoms with Gasteiger partial charge in [-0.05, 0) is 23.8 Å². The van der Waals surface area contributed by atoms with Gasteiger partial charge < -0.3 is 5.32 Å². The van der Waals surface area contributed by atoms with E-state index in [-0.39, 0.29) is 5.91 Å². The fraction of sp³-hybridized carbons (Fsp3) is 0.231. The van der Waals surface area contributed by atoms with Gasteiger partial charge in [-0.1, -0.05) is 23.7 Å². The Kier molecular flexibility index (Phi) is 5.30. The average Bonchev–Trinajstić information content (AvgIpc) is 2.92. The van der Waals surface area contributed by atoms with Gasteiger partial charge in [-0.25, -0.2) is 0 Å². The van der Waals surface area contributed by atoms with Gasteiger partial charge in [-0.2, -0.15) is 5.10 Å². The zero-order valence-corrected chi connectivity index (χ0v) is 11.8. The molecular weight excluding hydrogens is 282 g/mol. The van der Waals surface area contributed by atoms with Gasteiger partial charge in [0, 0.05) is 17.0 Å². The lowest BCUT2D eigenvalue weighted by Gasteiger charge is -2.04. The molecule has 1 aromatic carbocycles. The van der Waals surface area contributed by atoms with E-state index in [0.717, 1.165) is 22.0 Å². The summed E-state index contributed by atoms with van der Waals surface area (Å²) in [6, 6.07) is 9.49. The van der Waals surface area contributed by atoms with Crippen molar-refractivity contribution < 1.29 is 4.79 Å². The van der Waals surface area contributed by atoms with Crippen molar-refractivity contribution in [2.24, 2.45) is 0 Å². The molecule has 0 unspecified atom stereocenters. The van der Waals surface area contributed by atoms with Crippen LogP contribution in [0.1, 0.15) is 11.3 Å². The fourth-order valence-electron chi connectivity index (χ4n) is 1.47. The molecule has 2 rings (SSSR count). The van der Waals surface area contributed by atoms with Crippen LogP contribution in [0, 0.1) is 0 Å². The highest BCUT2D eigenvalue weighted by molar-refractivity contribution is 7.99. The van der Waals surface area contributed by atoms with E-state index in [1.54, 1.807) is 18.0 Å². The minimum Gasteiger partial charge on any atom is -0.350 e. The molecule has 1 amide bonds. The summed E-state index contributed by atoms with van der Waals surface area (Å²) in [6.45, 7) is 0.486.